The Labute approximate surface area is 131 Å². The van der Waals surface area contributed by atoms with Gasteiger partial charge < -0.3 is 9.88 Å². The van der Waals surface area contributed by atoms with Gasteiger partial charge in [-0.2, -0.15) is 0 Å². The third kappa shape index (κ3) is 4.86. The van der Waals surface area contributed by atoms with E-state index in [1.165, 1.54) is 10.6 Å². The molecule has 1 heterocycles. The molecule has 0 saturated carbocycles. The van der Waals surface area contributed by atoms with E-state index >= 15 is 0 Å². The second-order valence-electron chi connectivity index (χ2n) is 4.97. The summed E-state index contributed by atoms with van der Waals surface area (Å²) >= 11 is 3.39. The number of aromatic nitrogens is 1. The highest BCUT2D eigenvalue weighted by molar-refractivity contribution is 9.10. The first-order valence-corrected chi connectivity index (χ1v) is 7.53. The minimum absolute atomic E-state index is 0.0121. The van der Waals surface area contributed by atoms with Crippen LogP contribution in [0.5, 0.6) is 0 Å². The van der Waals surface area contributed by atoms with E-state index in [4.69, 9.17) is 0 Å². The number of hydrogen-bond acceptors (Lipinski definition) is 2. The molecule has 0 spiro atoms. The molecule has 0 aliphatic carbocycles. The van der Waals surface area contributed by atoms with Crippen LogP contribution in [0, 0.1) is 0 Å². The zero-order valence-corrected chi connectivity index (χ0v) is 13.3. The summed E-state index contributed by atoms with van der Waals surface area (Å²) in [4.78, 5) is 23.5. The Hall–Kier alpha value is -1.88. The summed E-state index contributed by atoms with van der Waals surface area (Å²) in [6.07, 6.45) is 2.37. The van der Waals surface area contributed by atoms with E-state index in [1.807, 2.05) is 31.2 Å². The molecule has 2 aromatic rings. The lowest BCUT2D eigenvalue weighted by Gasteiger charge is -2.14. The van der Waals surface area contributed by atoms with Gasteiger partial charge in [0.25, 0.3) is 5.56 Å². The molecule has 0 bridgehead atoms. The maximum atomic E-state index is 11.9. The molecule has 0 fully saturated rings. The van der Waals surface area contributed by atoms with Gasteiger partial charge in [-0.15, -0.1) is 0 Å². The number of carbonyl (C=O) groups excluding carboxylic acids is 1. The summed E-state index contributed by atoms with van der Waals surface area (Å²) in [5.74, 6) is -0.159. The number of hydrogen-bond donors (Lipinski definition) is 1. The summed E-state index contributed by atoms with van der Waals surface area (Å²) in [5, 5.41) is 2.91. The fourth-order valence-electron chi connectivity index (χ4n) is 2.09. The standard InChI is InChI=1S/C16H17BrN2O2/c1-12(10-13-5-7-14(17)8-6-13)18-15(20)11-19-9-3-2-4-16(19)21/h2-9,12H,10-11H2,1H3,(H,18,20)/t12-/m1/s1. The Kier molecular flexibility index (Phi) is 5.33. The van der Waals surface area contributed by atoms with Gasteiger partial charge in [0, 0.05) is 22.8 Å². The van der Waals surface area contributed by atoms with Crippen molar-refractivity contribution in [3.05, 3.63) is 69.1 Å². The number of carbonyl (C=O) groups is 1. The summed E-state index contributed by atoms with van der Waals surface area (Å²) in [5.41, 5.74) is 0.982. The molecule has 1 atom stereocenters. The highest BCUT2D eigenvalue weighted by atomic mass is 79.9. The van der Waals surface area contributed by atoms with Crippen LogP contribution in [0.1, 0.15) is 12.5 Å². The zero-order chi connectivity index (χ0) is 15.2. The Morgan fingerprint density at radius 1 is 1.24 bits per heavy atom. The summed E-state index contributed by atoms with van der Waals surface area (Å²) in [6, 6.07) is 12.9. The van der Waals surface area contributed by atoms with Crippen molar-refractivity contribution in [1.29, 1.82) is 0 Å². The minimum atomic E-state index is -0.173. The lowest BCUT2D eigenvalue weighted by Crippen LogP contribution is -2.38. The van der Waals surface area contributed by atoms with Gasteiger partial charge in [-0.3, -0.25) is 9.59 Å². The Morgan fingerprint density at radius 2 is 1.95 bits per heavy atom. The van der Waals surface area contributed by atoms with Crippen LogP contribution in [-0.4, -0.2) is 16.5 Å². The van der Waals surface area contributed by atoms with Crippen molar-refractivity contribution in [3.63, 3.8) is 0 Å². The molecule has 1 aromatic carbocycles. The van der Waals surface area contributed by atoms with Crippen LogP contribution in [0.4, 0.5) is 0 Å². The first-order chi connectivity index (χ1) is 10.0. The average molecular weight is 349 g/mol. The smallest absolute Gasteiger partial charge is 0.250 e. The topological polar surface area (TPSA) is 51.1 Å². The molecule has 5 heteroatoms. The predicted molar refractivity (Wildman–Crippen MR) is 86.2 cm³/mol. The van der Waals surface area contributed by atoms with Gasteiger partial charge in [-0.1, -0.05) is 34.1 Å². The summed E-state index contributed by atoms with van der Waals surface area (Å²) < 4.78 is 2.42. The summed E-state index contributed by atoms with van der Waals surface area (Å²) in [7, 11) is 0. The van der Waals surface area contributed by atoms with E-state index in [2.05, 4.69) is 21.2 Å². The van der Waals surface area contributed by atoms with Gasteiger partial charge in [-0.05, 0) is 37.1 Å². The van der Waals surface area contributed by atoms with Crippen molar-refractivity contribution >= 4 is 21.8 Å². The molecule has 2 rings (SSSR count). The highest BCUT2D eigenvalue weighted by Crippen LogP contribution is 2.11. The third-order valence-electron chi connectivity index (χ3n) is 3.08. The van der Waals surface area contributed by atoms with Crippen molar-refractivity contribution in [2.24, 2.45) is 0 Å². The Balaban J connectivity index is 1.89. The van der Waals surface area contributed by atoms with E-state index in [-0.39, 0.29) is 24.1 Å². The van der Waals surface area contributed by atoms with Crippen LogP contribution >= 0.6 is 15.9 Å². The minimum Gasteiger partial charge on any atom is -0.352 e. The van der Waals surface area contributed by atoms with Gasteiger partial charge in [0.2, 0.25) is 5.91 Å². The van der Waals surface area contributed by atoms with Crippen molar-refractivity contribution in [3.8, 4) is 0 Å². The normalized spacial score (nSPS) is 11.9. The number of pyridine rings is 1. The number of nitrogens with one attached hydrogen (secondary N) is 1. The first-order valence-electron chi connectivity index (χ1n) is 6.74. The molecule has 0 aliphatic rings. The molecular formula is C16H17BrN2O2. The SMILES string of the molecule is C[C@H](Cc1ccc(Br)cc1)NC(=O)Cn1ccccc1=O. The van der Waals surface area contributed by atoms with Crippen molar-refractivity contribution < 1.29 is 4.79 Å². The molecule has 0 aliphatic heterocycles. The maximum absolute atomic E-state index is 11.9. The average Bonchev–Trinajstić information content (AvgIpc) is 2.44. The van der Waals surface area contributed by atoms with Crippen molar-refractivity contribution in [2.45, 2.75) is 25.9 Å². The van der Waals surface area contributed by atoms with Crippen molar-refractivity contribution in [2.75, 3.05) is 0 Å². The molecule has 110 valence electrons. The van der Waals surface area contributed by atoms with Crippen LogP contribution in [0.3, 0.4) is 0 Å². The highest BCUT2D eigenvalue weighted by Gasteiger charge is 2.09. The van der Waals surface area contributed by atoms with Gasteiger partial charge >= 0.3 is 0 Å². The number of amides is 1. The largest absolute Gasteiger partial charge is 0.352 e. The second kappa shape index (κ2) is 7.22. The van der Waals surface area contributed by atoms with Crippen LogP contribution in [0.15, 0.2) is 57.9 Å². The van der Waals surface area contributed by atoms with Gasteiger partial charge in [0.1, 0.15) is 6.54 Å². The van der Waals surface area contributed by atoms with E-state index in [0.29, 0.717) is 0 Å². The number of benzene rings is 1. The summed E-state index contributed by atoms with van der Waals surface area (Å²) in [6.45, 7) is 2.00. The van der Waals surface area contributed by atoms with Crippen LogP contribution in [0.2, 0.25) is 0 Å². The van der Waals surface area contributed by atoms with Gasteiger partial charge in [0.15, 0.2) is 0 Å². The quantitative estimate of drug-likeness (QED) is 0.901. The lowest BCUT2D eigenvalue weighted by atomic mass is 10.1. The first kappa shape index (κ1) is 15.5. The molecule has 21 heavy (non-hydrogen) atoms. The second-order valence-corrected chi connectivity index (χ2v) is 5.88. The van der Waals surface area contributed by atoms with E-state index in [9.17, 15) is 9.59 Å². The van der Waals surface area contributed by atoms with Gasteiger partial charge in [0.05, 0.1) is 0 Å². The monoisotopic (exact) mass is 348 g/mol. The third-order valence-corrected chi connectivity index (χ3v) is 3.60. The predicted octanol–water partition coefficient (Wildman–Crippen LogP) is 2.36. The Morgan fingerprint density at radius 3 is 2.62 bits per heavy atom. The number of halogens is 1. The van der Waals surface area contributed by atoms with E-state index < -0.39 is 0 Å². The molecule has 0 radical (unpaired) electrons. The number of rotatable bonds is 5. The van der Waals surface area contributed by atoms with E-state index in [0.717, 1.165) is 16.5 Å². The molecule has 0 unspecified atom stereocenters. The fourth-order valence-corrected chi connectivity index (χ4v) is 2.36. The molecule has 1 amide bonds. The molecule has 1 N–H and O–H groups in total. The van der Waals surface area contributed by atoms with Crippen LogP contribution in [0.25, 0.3) is 0 Å². The molecular weight excluding hydrogens is 332 g/mol. The van der Waals surface area contributed by atoms with Crippen LogP contribution in [-0.2, 0) is 17.8 Å². The zero-order valence-electron chi connectivity index (χ0n) is 11.8. The number of nitrogens with zero attached hydrogens (tertiary/aromatic N) is 1. The Bertz CT molecular complexity index is 664. The molecule has 0 saturated heterocycles. The maximum Gasteiger partial charge on any atom is 0.250 e. The van der Waals surface area contributed by atoms with Crippen LogP contribution < -0.4 is 10.9 Å². The fraction of sp³-hybridized carbons (Fsp3) is 0.250. The lowest BCUT2D eigenvalue weighted by molar-refractivity contribution is -0.122. The van der Waals surface area contributed by atoms with Crippen molar-refractivity contribution in [1.82, 2.24) is 9.88 Å². The molecule has 4 nitrogen and oxygen atoms in total. The molecule has 1 aromatic heterocycles. The van der Waals surface area contributed by atoms with Gasteiger partial charge in [-0.25, -0.2) is 0 Å². The van der Waals surface area contributed by atoms with E-state index in [1.54, 1.807) is 18.3 Å².